The van der Waals surface area contributed by atoms with E-state index in [4.69, 9.17) is 4.74 Å². The second-order valence-electron chi connectivity index (χ2n) is 10.4. The highest BCUT2D eigenvalue weighted by Crippen LogP contribution is 2.37. The molecular weight excluding hydrogens is 472 g/mol. The number of ketones is 2. The Kier molecular flexibility index (Phi) is 9.96. The molecule has 0 bridgehead atoms. The van der Waals surface area contributed by atoms with Crippen molar-refractivity contribution in [2.75, 3.05) is 18.4 Å². The molecule has 1 heterocycles. The molecule has 1 aliphatic carbocycles. The lowest BCUT2D eigenvalue weighted by Gasteiger charge is -2.35. The Morgan fingerprint density at radius 2 is 1.89 bits per heavy atom. The lowest BCUT2D eigenvalue weighted by Crippen LogP contribution is -2.36. The summed E-state index contributed by atoms with van der Waals surface area (Å²) >= 11 is 0. The maximum atomic E-state index is 13.7. The summed E-state index contributed by atoms with van der Waals surface area (Å²) in [6, 6.07) is 7.34. The van der Waals surface area contributed by atoms with E-state index in [9.17, 15) is 9.59 Å². The first-order valence-electron chi connectivity index (χ1n) is 13.9. The minimum absolute atomic E-state index is 0.00647. The van der Waals surface area contributed by atoms with Gasteiger partial charge in [0.25, 0.3) is 0 Å². The Hall–Kier alpha value is -3.34. The molecule has 1 aromatic rings. The van der Waals surface area contributed by atoms with Gasteiger partial charge in [0.15, 0.2) is 11.6 Å². The van der Waals surface area contributed by atoms with Crippen LogP contribution in [0.3, 0.4) is 0 Å². The van der Waals surface area contributed by atoms with E-state index >= 15 is 0 Å². The van der Waals surface area contributed by atoms with Gasteiger partial charge in [0.1, 0.15) is 5.76 Å². The Balaban J connectivity index is 1.98. The molecule has 2 aliphatic rings. The first-order chi connectivity index (χ1) is 18.1. The number of allylic oxidation sites excluding steroid dienone is 6. The number of nitrogens with zero attached hydrogens (tertiary/aromatic N) is 1. The number of rotatable bonds is 11. The number of para-hydroxylation sites is 1. The van der Waals surface area contributed by atoms with Gasteiger partial charge in [-0.25, -0.2) is 0 Å². The lowest BCUT2D eigenvalue weighted by atomic mass is 9.90. The van der Waals surface area contributed by atoms with Gasteiger partial charge in [-0.2, -0.15) is 0 Å². The molecule has 1 aliphatic heterocycles. The number of nitrogens with one attached hydrogen (secondary N) is 1. The van der Waals surface area contributed by atoms with Crippen molar-refractivity contribution in [2.24, 2.45) is 11.8 Å². The normalized spacial score (nSPS) is 19.4. The number of carbonyl (C=O) groups is 2. The molecular formula is C33H44N2O3. The Labute approximate surface area is 229 Å². The summed E-state index contributed by atoms with van der Waals surface area (Å²) in [4.78, 5) is 28.1. The van der Waals surface area contributed by atoms with E-state index in [1.165, 1.54) is 5.57 Å². The van der Waals surface area contributed by atoms with Crippen LogP contribution >= 0.6 is 0 Å². The maximum absolute atomic E-state index is 13.7. The van der Waals surface area contributed by atoms with Crippen LogP contribution in [-0.2, 0) is 9.53 Å². The van der Waals surface area contributed by atoms with E-state index in [-0.39, 0.29) is 17.6 Å². The highest BCUT2D eigenvalue weighted by molar-refractivity contribution is 6.01. The number of benzene rings is 1. The topological polar surface area (TPSA) is 58.6 Å². The number of anilines is 1. The molecule has 0 aromatic heterocycles. The standard InChI is InChI=1S/C33H44N2O3/c1-9-26(10-2)22(5)18-19-35(11-3)33-23(6)31(37)28-17-16-21(4)20-29(32(28)38-33)24(7)34-30-15-13-12-14-27(30)25(8)36/h9,12-17,20,22,24,28,34H,10-11,18-19H2,1-8H3/b26-9+. The van der Waals surface area contributed by atoms with Crippen molar-refractivity contribution in [1.29, 1.82) is 0 Å². The molecule has 38 heavy (non-hydrogen) atoms. The van der Waals surface area contributed by atoms with Crippen LogP contribution < -0.4 is 5.32 Å². The molecule has 0 spiro atoms. The van der Waals surface area contributed by atoms with Crippen molar-refractivity contribution in [2.45, 2.75) is 74.3 Å². The van der Waals surface area contributed by atoms with Gasteiger partial charge < -0.3 is 15.0 Å². The molecule has 5 nitrogen and oxygen atoms in total. The molecule has 0 fully saturated rings. The van der Waals surface area contributed by atoms with Crippen LogP contribution in [0.1, 0.15) is 78.6 Å². The fraction of sp³-hybridized carbons (Fsp3) is 0.455. The van der Waals surface area contributed by atoms with Gasteiger partial charge in [0.05, 0.1) is 17.5 Å². The highest BCUT2D eigenvalue weighted by atomic mass is 16.5. The van der Waals surface area contributed by atoms with Crippen LogP contribution in [0.15, 0.2) is 82.5 Å². The molecule has 3 rings (SSSR count). The van der Waals surface area contributed by atoms with Crippen LogP contribution in [0.4, 0.5) is 5.69 Å². The third-order valence-corrected chi connectivity index (χ3v) is 7.74. The van der Waals surface area contributed by atoms with Crippen LogP contribution in [0, 0.1) is 11.8 Å². The van der Waals surface area contributed by atoms with E-state index < -0.39 is 5.92 Å². The summed E-state index contributed by atoms with van der Waals surface area (Å²) in [7, 11) is 0. The average Bonchev–Trinajstić information content (AvgIpc) is 3.06. The minimum atomic E-state index is -0.470. The van der Waals surface area contributed by atoms with E-state index in [0.29, 0.717) is 28.7 Å². The summed E-state index contributed by atoms with van der Waals surface area (Å²) in [6.45, 7) is 17.8. The number of hydrogen-bond acceptors (Lipinski definition) is 5. The van der Waals surface area contributed by atoms with E-state index in [0.717, 1.165) is 42.8 Å². The van der Waals surface area contributed by atoms with Crippen molar-refractivity contribution in [1.82, 2.24) is 4.90 Å². The number of carbonyl (C=O) groups excluding carboxylic acids is 2. The summed E-state index contributed by atoms with van der Waals surface area (Å²) in [5.41, 5.74) is 5.50. The second-order valence-corrected chi connectivity index (χ2v) is 10.4. The second kappa shape index (κ2) is 12.9. The number of fused-ring (bicyclic) bond motifs is 1. The Morgan fingerprint density at radius 1 is 1.18 bits per heavy atom. The third-order valence-electron chi connectivity index (χ3n) is 7.74. The van der Waals surface area contributed by atoms with Gasteiger partial charge in [-0.3, -0.25) is 9.59 Å². The monoisotopic (exact) mass is 516 g/mol. The summed E-state index contributed by atoms with van der Waals surface area (Å²) in [5.74, 6) is 1.40. The fourth-order valence-corrected chi connectivity index (χ4v) is 5.37. The van der Waals surface area contributed by atoms with Gasteiger partial charge in [0.2, 0.25) is 5.88 Å². The van der Waals surface area contributed by atoms with Crippen LogP contribution in [0.25, 0.3) is 0 Å². The molecule has 0 saturated carbocycles. The first kappa shape index (κ1) is 29.2. The van der Waals surface area contributed by atoms with E-state index in [1.54, 1.807) is 6.92 Å². The lowest BCUT2D eigenvalue weighted by molar-refractivity contribution is -0.119. The molecule has 3 unspecified atom stereocenters. The molecule has 0 amide bonds. The molecule has 1 aromatic carbocycles. The smallest absolute Gasteiger partial charge is 0.202 e. The van der Waals surface area contributed by atoms with Crippen molar-refractivity contribution in [3.8, 4) is 0 Å². The predicted molar refractivity (Wildman–Crippen MR) is 157 cm³/mol. The third kappa shape index (κ3) is 6.38. The first-order valence-corrected chi connectivity index (χ1v) is 13.9. The number of ether oxygens (including phenoxy) is 1. The Morgan fingerprint density at radius 3 is 2.53 bits per heavy atom. The fourth-order valence-electron chi connectivity index (χ4n) is 5.37. The molecule has 204 valence electrons. The van der Waals surface area contributed by atoms with Crippen LogP contribution in [-0.4, -0.2) is 35.6 Å². The van der Waals surface area contributed by atoms with Crippen molar-refractivity contribution in [3.05, 3.63) is 88.1 Å². The molecule has 3 atom stereocenters. The summed E-state index contributed by atoms with van der Waals surface area (Å²) < 4.78 is 6.70. The predicted octanol–water partition coefficient (Wildman–Crippen LogP) is 7.61. The van der Waals surface area contributed by atoms with Gasteiger partial charge in [-0.1, -0.05) is 61.4 Å². The average molecular weight is 517 g/mol. The molecule has 0 radical (unpaired) electrons. The van der Waals surface area contributed by atoms with E-state index in [1.807, 2.05) is 57.2 Å². The van der Waals surface area contributed by atoms with Crippen molar-refractivity contribution in [3.63, 3.8) is 0 Å². The SMILES string of the molecule is C/C=C(\CC)C(C)CCN(CC)C1=C(C)C(=O)C2C=CC(C)=CC(C(C)Nc3ccccc3C(C)=O)=C2O1. The van der Waals surface area contributed by atoms with Gasteiger partial charge in [-0.15, -0.1) is 0 Å². The summed E-state index contributed by atoms with van der Waals surface area (Å²) in [6.07, 6.45) is 10.3. The van der Waals surface area contributed by atoms with Gasteiger partial charge in [0, 0.05) is 29.9 Å². The number of Topliss-reactive ketones (excluding diaryl/α,β-unsaturated/α-hetero) is 2. The van der Waals surface area contributed by atoms with Crippen molar-refractivity contribution < 1.29 is 14.3 Å². The quantitative estimate of drug-likeness (QED) is 0.242. The zero-order valence-corrected chi connectivity index (χ0v) is 24.4. The Bertz CT molecular complexity index is 1210. The van der Waals surface area contributed by atoms with Crippen LogP contribution in [0.5, 0.6) is 0 Å². The van der Waals surface area contributed by atoms with Gasteiger partial charge >= 0.3 is 0 Å². The molecule has 1 N–H and O–H groups in total. The molecule has 0 saturated heterocycles. The zero-order chi connectivity index (χ0) is 28.0. The van der Waals surface area contributed by atoms with Crippen LogP contribution in [0.2, 0.25) is 0 Å². The molecule has 5 heteroatoms. The van der Waals surface area contributed by atoms with E-state index in [2.05, 4.69) is 50.1 Å². The maximum Gasteiger partial charge on any atom is 0.202 e. The number of hydrogen-bond donors (Lipinski definition) is 1. The summed E-state index contributed by atoms with van der Waals surface area (Å²) in [5, 5.41) is 3.51. The van der Waals surface area contributed by atoms with Crippen molar-refractivity contribution >= 4 is 17.3 Å². The zero-order valence-electron chi connectivity index (χ0n) is 24.4. The minimum Gasteiger partial charge on any atom is -0.444 e. The largest absolute Gasteiger partial charge is 0.444 e. The highest BCUT2D eigenvalue weighted by Gasteiger charge is 2.37. The van der Waals surface area contributed by atoms with Gasteiger partial charge in [-0.05, 0) is 72.4 Å².